The maximum Gasteiger partial charge on any atom is 0.131 e. The van der Waals surface area contributed by atoms with Gasteiger partial charge in [-0.25, -0.2) is 4.39 Å². The number of nitrogens with zero attached hydrogens (tertiary/aromatic N) is 2. The highest BCUT2D eigenvalue weighted by Crippen LogP contribution is 2.21. The van der Waals surface area contributed by atoms with Gasteiger partial charge in [-0.05, 0) is 31.2 Å². The number of halogens is 2. The molecule has 2 aromatic rings. The summed E-state index contributed by atoms with van der Waals surface area (Å²) in [6.07, 6.45) is 0. The van der Waals surface area contributed by atoms with Gasteiger partial charge in [-0.3, -0.25) is 4.68 Å². The Morgan fingerprint density at radius 3 is 2.53 bits per heavy atom. The summed E-state index contributed by atoms with van der Waals surface area (Å²) in [6, 6.07) is 5.86. The predicted octanol–water partition coefficient (Wildman–Crippen LogP) is 3.10. The van der Waals surface area contributed by atoms with Gasteiger partial charge in [0.15, 0.2) is 0 Å². The number of hydrogen-bond donors (Lipinski definition) is 0. The molecule has 90 valence electrons. The largest absolute Gasteiger partial charge is 0.487 e. The zero-order valence-corrected chi connectivity index (χ0v) is 10.3. The quantitative estimate of drug-likeness (QED) is 0.842. The zero-order valence-electron chi connectivity index (χ0n) is 9.58. The number of hydrogen-bond acceptors (Lipinski definition) is 2. The first-order valence-electron chi connectivity index (χ1n) is 5.14. The molecule has 1 aromatic heterocycles. The second-order valence-corrected chi connectivity index (χ2v) is 4.09. The monoisotopic (exact) mass is 254 g/mol. The van der Waals surface area contributed by atoms with Crippen molar-refractivity contribution in [1.29, 1.82) is 0 Å². The van der Waals surface area contributed by atoms with Crippen LogP contribution in [0.5, 0.6) is 5.75 Å². The van der Waals surface area contributed by atoms with E-state index in [4.69, 9.17) is 16.3 Å². The molecule has 1 heterocycles. The molecule has 0 amide bonds. The molecule has 0 bridgehead atoms. The molecule has 5 heteroatoms. The zero-order chi connectivity index (χ0) is 12.4. The standard InChI is InChI=1S/C12H12ClFN2O/c1-8-12(13)11(16(2)15-8)7-17-10-5-3-9(14)4-6-10/h3-6H,7H2,1-2H3. The second-order valence-electron chi connectivity index (χ2n) is 3.71. The van der Waals surface area contributed by atoms with Gasteiger partial charge in [0, 0.05) is 7.05 Å². The third-order valence-electron chi connectivity index (χ3n) is 2.45. The topological polar surface area (TPSA) is 27.1 Å². The fourth-order valence-electron chi connectivity index (χ4n) is 1.52. The SMILES string of the molecule is Cc1nn(C)c(COc2ccc(F)cc2)c1Cl. The van der Waals surface area contributed by atoms with Gasteiger partial charge in [0.1, 0.15) is 18.2 Å². The molecule has 0 aliphatic rings. The molecule has 1 aromatic carbocycles. The molecule has 0 aliphatic carbocycles. The van der Waals surface area contributed by atoms with E-state index in [-0.39, 0.29) is 5.82 Å². The number of aryl methyl sites for hydroxylation is 2. The third-order valence-corrected chi connectivity index (χ3v) is 2.94. The van der Waals surface area contributed by atoms with Crippen LogP contribution in [0.1, 0.15) is 11.4 Å². The molecule has 0 fully saturated rings. The van der Waals surface area contributed by atoms with Crippen LogP contribution in [0.4, 0.5) is 4.39 Å². The Morgan fingerprint density at radius 2 is 2.00 bits per heavy atom. The van der Waals surface area contributed by atoms with Crippen molar-refractivity contribution in [3.05, 3.63) is 46.5 Å². The minimum Gasteiger partial charge on any atom is -0.487 e. The highest BCUT2D eigenvalue weighted by molar-refractivity contribution is 6.31. The van der Waals surface area contributed by atoms with E-state index in [1.54, 1.807) is 16.8 Å². The fourth-order valence-corrected chi connectivity index (χ4v) is 1.73. The number of rotatable bonds is 3. The average Bonchev–Trinajstić information content (AvgIpc) is 2.54. The molecular formula is C12H12ClFN2O. The fraction of sp³-hybridized carbons (Fsp3) is 0.250. The van der Waals surface area contributed by atoms with Crippen molar-refractivity contribution in [2.24, 2.45) is 7.05 Å². The summed E-state index contributed by atoms with van der Waals surface area (Å²) >= 11 is 6.08. The van der Waals surface area contributed by atoms with Crippen LogP contribution < -0.4 is 4.74 Å². The second kappa shape index (κ2) is 4.75. The lowest BCUT2D eigenvalue weighted by Gasteiger charge is -2.06. The van der Waals surface area contributed by atoms with E-state index in [1.807, 2.05) is 14.0 Å². The van der Waals surface area contributed by atoms with Crippen LogP contribution in [-0.4, -0.2) is 9.78 Å². The van der Waals surface area contributed by atoms with E-state index in [9.17, 15) is 4.39 Å². The van der Waals surface area contributed by atoms with E-state index in [0.29, 0.717) is 17.4 Å². The maximum atomic E-state index is 12.7. The molecule has 0 N–H and O–H groups in total. The lowest BCUT2D eigenvalue weighted by atomic mass is 10.3. The van der Waals surface area contributed by atoms with E-state index in [1.165, 1.54) is 12.1 Å². The highest BCUT2D eigenvalue weighted by Gasteiger charge is 2.11. The van der Waals surface area contributed by atoms with Gasteiger partial charge in [0.05, 0.1) is 16.4 Å². The minimum atomic E-state index is -0.285. The van der Waals surface area contributed by atoms with E-state index in [0.717, 1.165) is 11.4 Å². The van der Waals surface area contributed by atoms with Gasteiger partial charge in [-0.15, -0.1) is 0 Å². The van der Waals surface area contributed by atoms with Crippen LogP contribution >= 0.6 is 11.6 Å². The van der Waals surface area contributed by atoms with Crippen molar-refractivity contribution in [3.8, 4) is 5.75 Å². The Bertz CT molecular complexity index is 522. The van der Waals surface area contributed by atoms with Gasteiger partial charge in [0.2, 0.25) is 0 Å². The normalized spacial score (nSPS) is 10.6. The Balaban J connectivity index is 2.09. The summed E-state index contributed by atoms with van der Waals surface area (Å²) in [5.74, 6) is 0.313. The average molecular weight is 255 g/mol. The lowest BCUT2D eigenvalue weighted by Crippen LogP contribution is -2.03. The van der Waals surface area contributed by atoms with Crippen molar-refractivity contribution in [2.45, 2.75) is 13.5 Å². The van der Waals surface area contributed by atoms with Gasteiger partial charge in [-0.2, -0.15) is 5.10 Å². The first-order chi connectivity index (χ1) is 8.08. The third kappa shape index (κ3) is 2.58. The summed E-state index contributed by atoms with van der Waals surface area (Å²) < 4.78 is 19.9. The Hall–Kier alpha value is -1.55. The van der Waals surface area contributed by atoms with E-state index >= 15 is 0 Å². The first kappa shape index (κ1) is 11.9. The van der Waals surface area contributed by atoms with E-state index < -0.39 is 0 Å². The Labute approximate surface area is 104 Å². The smallest absolute Gasteiger partial charge is 0.131 e. The number of benzene rings is 1. The summed E-state index contributed by atoms with van der Waals surface area (Å²) in [5.41, 5.74) is 1.57. The number of aromatic nitrogens is 2. The molecule has 0 saturated carbocycles. The minimum absolute atomic E-state index is 0.285. The van der Waals surface area contributed by atoms with Crippen LogP contribution in [0.15, 0.2) is 24.3 Å². The van der Waals surface area contributed by atoms with Crippen LogP contribution in [0.3, 0.4) is 0 Å². The molecule has 0 spiro atoms. The summed E-state index contributed by atoms with van der Waals surface area (Å²) in [7, 11) is 1.81. The molecule has 0 radical (unpaired) electrons. The van der Waals surface area contributed by atoms with Crippen LogP contribution in [-0.2, 0) is 13.7 Å². The molecule has 17 heavy (non-hydrogen) atoms. The van der Waals surface area contributed by atoms with E-state index in [2.05, 4.69) is 5.10 Å². The molecule has 2 rings (SSSR count). The Morgan fingerprint density at radius 1 is 1.35 bits per heavy atom. The van der Waals surface area contributed by atoms with Gasteiger partial charge in [-0.1, -0.05) is 11.6 Å². The molecule has 3 nitrogen and oxygen atoms in total. The van der Waals surface area contributed by atoms with Crippen molar-refractivity contribution in [1.82, 2.24) is 9.78 Å². The van der Waals surface area contributed by atoms with Crippen LogP contribution in [0.2, 0.25) is 5.02 Å². The molecule has 0 atom stereocenters. The summed E-state index contributed by atoms with van der Waals surface area (Å²) in [6.45, 7) is 2.14. The number of ether oxygens (including phenoxy) is 1. The lowest BCUT2D eigenvalue weighted by molar-refractivity contribution is 0.294. The van der Waals surface area contributed by atoms with Crippen molar-refractivity contribution < 1.29 is 9.13 Å². The summed E-state index contributed by atoms with van der Waals surface area (Å²) in [5, 5.41) is 4.79. The van der Waals surface area contributed by atoms with Crippen molar-refractivity contribution in [2.75, 3.05) is 0 Å². The van der Waals surface area contributed by atoms with Crippen molar-refractivity contribution in [3.63, 3.8) is 0 Å². The predicted molar refractivity (Wildman–Crippen MR) is 63.7 cm³/mol. The van der Waals surface area contributed by atoms with Crippen LogP contribution in [0.25, 0.3) is 0 Å². The van der Waals surface area contributed by atoms with Crippen molar-refractivity contribution >= 4 is 11.6 Å². The highest BCUT2D eigenvalue weighted by atomic mass is 35.5. The van der Waals surface area contributed by atoms with Crippen LogP contribution in [0, 0.1) is 12.7 Å². The van der Waals surface area contributed by atoms with Gasteiger partial charge < -0.3 is 4.74 Å². The Kier molecular flexibility index (Phi) is 3.33. The summed E-state index contributed by atoms with van der Waals surface area (Å²) in [4.78, 5) is 0. The molecule has 0 unspecified atom stereocenters. The maximum absolute atomic E-state index is 12.7. The van der Waals surface area contributed by atoms with Gasteiger partial charge >= 0.3 is 0 Å². The van der Waals surface area contributed by atoms with Gasteiger partial charge in [0.25, 0.3) is 0 Å². The first-order valence-corrected chi connectivity index (χ1v) is 5.52. The molecular weight excluding hydrogens is 243 g/mol. The molecule has 0 saturated heterocycles. The molecule has 0 aliphatic heterocycles.